The zero-order valence-electron chi connectivity index (χ0n) is 7.42. The summed E-state index contributed by atoms with van der Waals surface area (Å²) in [6.45, 7) is 2.11. The lowest BCUT2D eigenvalue weighted by Gasteiger charge is -2.06. The Balaban J connectivity index is 3.20. The summed E-state index contributed by atoms with van der Waals surface area (Å²) in [5, 5.41) is 0.532. The van der Waals surface area contributed by atoms with Crippen molar-refractivity contribution >= 4 is 44.2 Å². The molecule has 0 unspecified atom stereocenters. The Morgan fingerprint density at radius 3 is 2.64 bits per heavy atom. The second kappa shape index (κ2) is 4.78. The van der Waals surface area contributed by atoms with Crippen molar-refractivity contribution in [1.29, 1.82) is 0 Å². The van der Waals surface area contributed by atoms with Crippen molar-refractivity contribution in [3.8, 4) is 0 Å². The zero-order chi connectivity index (χ0) is 10.8. The van der Waals surface area contributed by atoms with Gasteiger partial charge < -0.3 is 0 Å². The SMILES string of the molecule is CCNS(=O)(=O)c1ccc(Cl)cc1I. The molecule has 0 amide bonds. The summed E-state index contributed by atoms with van der Waals surface area (Å²) in [5.41, 5.74) is 0. The molecular formula is C8H9ClINO2S. The van der Waals surface area contributed by atoms with Crippen LogP contribution in [0.2, 0.25) is 5.02 Å². The maximum Gasteiger partial charge on any atom is 0.241 e. The summed E-state index contributed by atoms with van der Waals surface area (Å²) in [7, 11) is -3.37. The molecule has 0 fully saturated rings. The highest BCUT2D eigenvalue weighted by molar-refractivity contribution is 14.1. The van der Waals surface area contributed by atoms with Gasteiger partial charge in [0.25, 0.3) is 0 Å². The molecule has 0 atom stereocenters. The number of hydrogen-bond donors (Lipinski definition) is 1. The van der Waals surface area contributed by atoms with Gasteiger partial charge in [0.2, 0.25) is 10.0 Å². The van der Waals surface area contributed by atoms with Crippen LogP contribution in [0.1, 0.15) is 6.92 Å². The fourth-order valence-electron chi connectivity index (χ4n) is 0.961. The molecule has 78 valence electrons. The van der Waals surface area contributed by atoms with Crippen molar-refractivity contribution < 1.29 is 8.42 Å². The molecule has 0 aliphatic rings. The number of hydrogen-bond acceptors (Lipinski definition) is 2. The van der Waals surface area contributed by atoms with Crippen molar-refractivity contribution in [2.24, 2.45) is 0 Å². The monoisotopic (exact) mass is 345 g/mol. The zero-order valence-corrected chi connectivity index (χ0v) is 11.1. The van der Waals surface area contributed by atoms with E-state index in [0.717, 1.165) is 0 Å². The van der Waals surface area contributed by atoms with Crippen molar-refractivity contribution in [2.75, 3.05) is 6.54 Å². The Bertz CT molecular complexity index is 433. The third kappa shape index (κ3) is 2.82. The molecule has 1 aromatic rings. The lowest BCUT2D eigenvalue weighted by atomic mass is 10.4. The van der Waals surface area contributed by atoms with Crippen LogP contribution in [0.15, 0.2) is 23.1 Å². The fourth-order valence-corrected chi connectivity index (χ4v) is 3.80. The molecule has 0 radical (unpaired) electrons. The average Bonchev–Trinajstić information content (AvgIpc) is 2.02. The minimum absolute atomic E-state index is 0.268. The topological polar surface area (TPSA) is 46.2 Å². The molecular weight excluding hydrogens is 337 g/mol. The maximum atomic E-state index is 11.6. The molecule has 0 bridgehead atoms. The molecule has 0 saturated carbocycles. The first-order chi connectivity index (χ1) is 6.47. The Kier molecular flexibility index (Phi) is 4.17. The molecule has 3 nitrogen and oxygen atoms in total. The molecule has 1 aromatic carbocycles. The molecule has 1 rings (SSSR count). The van der Waals surface area contributed by atoms with E-state index in [-0.39, 0.29) is 4.90 Å². The first-order valence-electron chi connectivity index (χ1n) is 3.92. The van der Waals surface area contributed by atoms with E-state index in [2.05, 4.69) is 4.72 Å². The smallest absolute Gasteiger partial charge is 0.211 e. The van der Waals surface area contributed by atoms with Crippen LogP contribution in [0.3, 0.4) is 0 Å². The van der Waals surface area contributed by atoms with Gasteiger partial charge in [-0.25, -0.2) is 13.1 Å². The quantitative estimate of drug-likeness (QED) is 0.854. The fraction of sp³-hybridized carbons (Fsp3) is 0.250. The van der Waals surface area contributed by atoms with Crippen molar-refractivity contribution in [2.45, 2.75) is 11.8 Å². The van der Waals surface area contributed by atoms with Crippen LogP contribution in [0, 0.1) is 3.57 Å². The predicted molar refractivity (Wildman–Crippen MR) is 65.0 cm³/mol. The summed E-state index contributed by atoms with van der Waals surface area (Å²) < 4.78 is 26.3. The van der Waals surface area contributed by atoms with Crippen molar-refractivity contribution in [3.05, 3.63) is 26.8 Å². The largest absolute Gasteiger partial charge is 0.241 e. The van der Waals surface area contributed by atoms with Gasteiger partial charge in [-0.15, -0.1) is 0 Å². The molecule has 0 saturated heterocycles. The number of halogens is 2. The van der Waals surface area contributed by atoms with Gasteiger partial charge in [0.05, 0.1) is 4.90 Å². The third-order valence-electron chi connectivity index (χ3n) is 1.52. The molecule has 0 heterocycles. The van der Waals surface area contributed by atoms with Crippen LogP contribution < -0.4 is 4.72 Å². The van der Waals surface area contributed by atoms with E-state index in [1.54, 1.807) is 19.1 Å². The third-order valence-corrected chi connectivity index (χ3v) is 4.62. The van der Waals surface area contributed by atoms with Crippen LogP contribution in [0.5, 0.6) is 0 Å². The highest BCUT2D eigenvalue weighted by Gasteiger charge is 2.15. The standard InChI is InChI=1S/C8H9ClINO2S/c1-2-11-14(12,13)8-4-3-6(9)5-7(8)10/h3-5,11H,2H2,1H3. The first kappa shape index (κ1) is 12.2. The van der Waals surface area contributed by atoms with Crippen molar-refractivity contribution in [3.63, 3.8) is 0 Å². The van der Waals surface area contributed by atoms with Gasteiger partial charge in [0.15, 0.2) is 0 Å². The van der Waals surface area contributed by atoms with Gasteiger partial charge in [-0.3, -0.25) is 0 Å². The molecule has 14 heavy (non-hydrogen) atoms. The lowest BCUT2D eigenvalue weighted by molar-refractivity contribution is 0.583. The van der Waals surface area contributed by atoms with E-state index in [1.807, 2.05) is 22.6 Å². The molecule has 0 spiro atoms. The highest BCUT2D eigenvalue weighted by atomic mass is 127. The number of nitrogens with one attached hydrogen (secondary N) is 1. The minimum Gasteiger partial charge on any atom is -0.211 e. The molecule has 6 heteroatoms. The van der Waals surface area contributed by atoms with E-state index in [9.17, 15) is 8.42 Å². The molecule has 0 aromatic heterocycles. The van der Waals surface area contributed by atoms with E-state index < -0.39 is 10.0 Å². The number of sulfonamides is 1. The van der Waals surface area contributed by atoms with Gasteiger partial charge in [0.1, 0.15) is 0 Å². The summed E-state index contributed by atoms with van der Waals surface area (Å²) in [5.74, 6) is 0. The van der Waals surface area contributed by atoms with Crippen LogP contribution in [-0.4, -0.2) is 15.0 Å². The molecule has 1 N–H and O–H groups in total. The van der Waals surface area contributed by atoms with Gasteiger partial charge in [0, 0.05) is 15.1 Å². The Morgan fingerprint density at radius 1 is 1.50 bits per heavy atom. The van der Waals surface area contributed by atoms with E-state index in [0.29, 0.717) is 15.1 Å². The predicted octanol–water partition coefficient (Wildman–Crippen LogP) is 2.24. The second-order valence-electron chi connectivity index (χ2n) is 2.58. The lowest BCUT2D eigenvalue weighted by Crippen LogP contribution is -2.23. The Hall–Kier alpha value is 0.150. The van der Waals surface area contributed by atoms with E-state index >= 15 is 0 Å². The van der Waals surface area contributed by atoms with E-state index in [1.165, 1.54) is 6.07 Å². The van der Waals surface area contributed by atoms with Crippen LogP contribution in [0.4, 0.5) is 0 Å². The first-order valence-corrected chi connectivity index (χ1v) is 6.86. The van der Waals surface area contributed by atoms with Crippen LogP contribution in [-0.2, 0) is 10.0 Å². The van der Waals surface area contributed by atoms with E-state index in [4.69, 9.17) is 11.6 Å². The Labute approximate surface area is 102 Å². The molecule has 0 aliphatic heterocycles. The molecule has 0 aliphatic carbocycles. The summed E-state index contributed by atoms with van der Waals surface area (Å²) in [4.78, 5) is 0.268. The number of benzene rings is 1. The normalized spacial score (nSPS) is 11.6. The highest BCUT2D eigenvalue weighted by Crippen LogP contribution is 2.21. The van der Waals surface area contributed by atoms with Gasteiger partial charge >= 0.3 is 0 Å². The van der Waals surface area contributed by atoms with Crippen LogP contribution in [0.25, 0.3) is 0 Å². The summed E-state index contributed by atoms with van der Waals surface area (Å²) in [6, 6.07) is 4.68. The van der Waals surface area contributed by atoms with Crippen LogP contribution >= 0.6 is 34.2 Å². The summed E-state index contributed by atoms with van der Waals surface area (Å²) in [6.07, 6.45) is 0. The second-order valence-corrected chi connectivity index (χ2v) is 5.91. The average molecular weight is 346 g/mol. The van der Waals surface area contributed by atoms with Gasteiger partial charge in [-0.2, -0.15) is 0 Å². The van der Waals surface area contributed by atoms with Gasteiger partial charge in [-0.05, 0) is 40.8 Å². The van der Waals surface area contributed by atoms with Crippen molar-refractivity contribution in [1.82, 2.24) is 4.72 Å². The minimum atomic E-state index is -3.37. The number of rotatable bonds is 3. The van der Waals surface area contributed by atoms with Gasteiger partial charge in [-0.1, -0.05) is 18.5 Å². The summed E-state index contributed by atoms with van der Waals surface area (Å²) >= 11 is 7.67. The maximum absolute atomic E-state index is 11.6. The Morgan fingerprint density at radius 2 is 2.14 bits per heavy atom.